The first-order valence-electron chi connectivity index (χ1n) is 5.62. The van der Waals surface area contributed by atoms with Crippen LogP contribution in [0.25, 0.3) is 5.57 Å². The summed E-state index contributed by atoms with van der Waals surface area (Å²) in [4.78, 5) is 14.2. The zero-order chi connectivity index (χ0) is 11.1. The SMILES string of the molecule is CN1CCC/C1=C1\C(=O)Nc2ccccc21. The zero-order valence-electron chi connectivity index (χ0n) is 9.29. The molecular weight excluding hydrogens is 200 g/mol. The van der Waals surface area contributed by atoms with Crippen LogP contribution in [-0.4, -0.2) is 24.4 Å². The van der Waals surface area contributed by atoms with Gasteiger partial charge in [-0.05, 0) is 18.9 Å². The molecule has 1 fully saturated rings. The molecule has 16 heavy (non-hydrogen) atoms. The van der Waals surface area contributed by atoms with Gasteiger partial charge in [0.15, 0.2) is 0 Å². The van der Waals surface area contributed by atoms with Crippen molar-refractivity contribution in [2.24, 2.45) is 0 Å². The number of allylic oxidation sites excluding steroid dienone is 1. The number of fused-ring (bicyclic) bond motifs is 1. The van der Waals surface area contributed by atoms with E-state index in [-0.39, 0.29) is 5.91 Å². The second-order valence-electron chi connectivity index (χ2n) is 4.35. The predicted molar refractivity (Wildman–Crippen MR) is 63.9 cm³/mol. The number of anilines is 1. The molecule has 1 aromatic carbocycles. The summed E-state index contributed by atoms with van der Waals surface area (Å²) in [5, 5.41) is 2.92. The van der Waals surface area contributed by atoms with Crippen molar-refractivity contribution in [2.45, 2.75) is 12.8 Å². The number of amides is 1. The maximum Gasteiger partial charge on any atom is 0.258 e. The highest BCUT2D eigenvalue weighted by atomic mass is 16.2. The van der Waals surface area contributed by atoms with E-state index in [0.29, 0.717) is 0 Å². The van der Waals surface area contributed by atoms with Crippen LogP contribution in [0.1, 0.15) is 18.4 Å². The van der Waals surface area contributed by atoms with E-state index in [4.69, 9.17) is 0 Å². The summed E-state index contributed by atoms with van der Waals surface area (Å²) >= 11 is 0. The maximum atomic E-state index is 12.0. The van der Waals surface area contributed by atoms with Crippen LogP contribution in [0, 0.1) is 0 Å². The summed E-state index contributed by atoms with van der Waals surface area (Å²) in [6, 6.07) is 7.90. The Bertz CT molecular complexity index is 490. The van der Waals surface area contributed by atoms with Gasteiger partial charge in [0.05, 0.1) is 5.57 Å². The number of carbonyl (C=O) groups excluding carboxylic acids is 1. The molecule has 3 nitrogen and oxygen atoms in total. The number of nitrogens with one attached hydrogen (secondary N) is 1. The van der Waals surface area contributed by atoms with Gasteiger partial charge in [-0.25, -0.2) is 0 Å². The van der Waals surface area contributed by atoms with Crippen LogP contribution in [0.15, 0.2) is 30.0 Å². The number of rotatable bonds is 0. The molecule has 2 aliphatic heterocycles. The van der Waals surface area contributed by atoms with Gasteiger partial charge in [-0.3, -0.25) is 4.79 Å². The molecule has 82 valence electrons. The average Bonchev–Trinajstić information content (AvgIpc) is 2.81. The molecule has 1 N–H and O–H groups in total. The molecule has 2 heterocycles. The van der Waals surface area contributed by atoms with Crippen molar-refractivity contribution >= 4 is 17.2 Å². The van der Waals surface area contributed by atoms with Gasteiger partial charge >= 0.3 is 0 Å². The van der Waals surface area contributed by atoms with E-state index in [1.807, 2.05) is 24.3 Å². The van der Waals surface area contributed by atoms with E-state index < -0.39 is 0 Å². The van der Waals surface area contributed by atoms with Gasteiger partial charge in [0.25, 0.3) is 5.91 Å². The van der Waals surface area contributed by atoms with E-state index in [1.165, 1.54) is 5.70 Å². The van der Waals surface area contributed by atoms with Crippen LogP contribution in [0.4, 0.5) is 5.69 Å². The number of likely N-dealkylation sites (tertiary alicyclic amines) is 1. The Balaban J connectivity index is 2.18. The van der Waals surface area contributed by atoms with Crippen LogP contribution in [0.5, 0.6) is 0 Å². The van der Waals surface area contributed by atoms with E-state index in [2.05, 4.69) is 17.3 Å². The van der Waals surface area contributed by atoms with Crippen LogP contribution in [0.2, 0.25) is 0 Å². The lowest BCUT2D eigenvalue weighted by Crippen LogP contribution is -2.15. The second-order valence-corrected chi connectivity index (χ2v) is 4.35. The third-order valence-corrected chi connectivity index (χ3v) is 3.33. The summed E-state index contributed by atoms with van der Waals surface area (Å²) in [6.07, 6.45) is 2.15. The summed E-state index contributed by atoms with van der Waals surface area (Å²) in [7, 11) is 2.06. The van der Waals surface area contributed by atoms with E-state index in [0.717, 1.165) is 36.2 Å². The van der Waals surface area contributed by atoms with E-state index in [9.17, 15) is 4.79 Å². The standard InChI is InChI=1S/C13H14N2O/c1-15-8-4-7-11(15)12-9-5-2-3-6-10(9)14-13(12)16/h2-3,5-6H,4,7-8H2,1H3,(H,14,16)/b12-11+. The molecule has 3 heteroatoms. The average molecular weight is 214 g/mol. The van der Waals surface area contributed by atoms with Crippen LogP contribution in [-0.2, 0) is 4.79 Å². The van der Waals surface area contributed by atoms with Crippen LogP contribution < -0.4 is 5.32 Å². The van der Waals surface area contributed by atoms with Crippen molar-refractivity contribution < 1.29 is 4.79 Å². The summed E-state index contributed by atoms with van der Waals surface area (Å²) < 4.78 is 0. The smallest absolute Gasteiger partial charge is 0.258 e. The fraction of sp³-hybridized carbons (Fsp3) is 0.308. The Morgan fingerprint density at radius 1 is 1.31 bits per heavy atom. The molecule has 0 aliphatic carbocycles. The molecule has 2 aliphatic rings. The second kappa shape index (κ2) is 3.37. The van der Waals surface area contributed by atoms with Crippen LogP contribution >= 0.6 is 0 Å². The number of nitrogens with zero attached hydrogens (tertiary/aromatic N) is 1. The predicted octanol–water partition coefficient (Wildman–Crippen LogP) is 2.08. The van der Waals surface area contributed by atoms with Gasteiger partial charge < -0.3 is 10.2 Å². The lowest BCUT2D eigenvalue weighted by Gasteiger charge is -2.14. The van der Waals surface area contributed by atoms with Crippen molar-refractivity contribution in [3.63, 3.8) is 0 Å². The molecule has 0 atom stereocenters. The van der Waals surface area contributed by atoms with Crippen molar-refractivity contribution in [2.75, 3.05) is 18.9 Å². The van der Waals surface area contributed by atoms with Crippen molar-refractivity contribution in [1.82, 2.24) is 4.90 Å². The number of benzene rings is 1. The molecule has 3 rings (SSSR count). The fourth-order valence-electron chi connectivity index (χ4n) is 2.53. The van der Waals surface area contributed by atoms with Crippen LogP contribution in [0.3, 0.4) is 0 Å². The molecule has 0 bridgehead atoms. The van der Waals surface area contributed by atoms with Gasteiger partial charge in [-0.2, -0.15) is 0 Å². The summed E-state index contributed by atoms with van der Waals surface area (Å²) in [5.74, 6) is 0.0463. The Hall–Kier alpha value is -1.77. The molecule has 0 radical (unpaired) electrons. The molecule has 1 amide bonds. The van der Waals surface area contributed by atoms with Crippen molar-refractivity contribution in [3.05, 3.63) is 35.5 Å². The largest absolute Gasteiger partial charge is 0.377 e. The van der Waals surface area contributed by atoms with Gasteiger partial charge in [0.2, 0.25) is 0 Å². The molecule has 0 spiro atoms. The van der Waals surface area contributed by atoms with Gasteiger partial charge in [0, 0.05) is 30.5 Å². The lowest BCUT2D eigenvalue weighted by molar-refractivity contribution is -0.110. The molecule has 0 saturated carbocycles. The molecule has 1 aromatic rings. The third kappa shape index (κ3) is 1.24. The minimum atomic E-state index is 0.0463. The summed E-state index contributed by atoms with van der Waals surface area (Å²) in [5.41, 5.74) is 4.05. The quantitative estimate of drug-likeness (QED) is 0.670. The highest BCUT2D eigenvalue weighted by Gasteiger charge is 2.29. The Morgan fingerprint density at radius 3 is 2.88 bits per heavy atom. The first-order chi connectivity index (χ1) is 7.77. The maximum absolute atomic E-state index is 12.0. The lowest BCUT2D eigenvalue weighted by atomic mass is 10.0. The minimum Gasteiger partial charge on any atom is -0.377 e. The summed E-state index contributed by atoms with van der Waals surface area (Å²) in [6.45, 7) is 1.05. The van der Waals surface area contributed by atoms with E-state index in [1.54, 1.807) is 0 Å². The first-order valence-corrected chi connectivity index (χ1v) is 5.62. The van der Waals surface area contributed by atoms with Crippen molar-refractivity contribution in [3.8, 4) is 0 Å². The highest BCUT2D eigenvalue weighted by molar-refractivity contribution is 6.32. The number of hydrogen-bond acceptors (Lipinski definition) is 2. The first kappa shape index (κ1) is 9.46. The Labute approximate surface area is 94.8 Å². The normalized spacial score (nSPS) is 23.6. The monoisotopic (exact) mass is 214 g/mol. The zero-order valence-corrected chi connectivity index (χ0v) is 9.29. The van der Waals surface area contributed by atoms with Gasteiger partial charge in [-0.1, -0.05) is 18.2 Å². The molecule has 0 unspecified atom stereocenters. The Morgan fingerprint density at radius 2 is 2.12 bits per heavy atom. The minimum absolute atomic E-state index is 0.0463. The highest BCUT2D eigenvalue weighted by Crippen LogP contribution is 2.37. The number of hydrogen-bond donors (Lipinski definition) is 1. The Kier molecular flexibility index (Phi) is 1.99. The molecule has 1 saturated heterocycles. The topological polar surface area (TPSA) is 32.3 Å². The van der Waals surface area contributed by atoms with Crippen molar-refractivity contribution in [1.29, 1.82) is 0 Å². The third-order valence-electron chi connectivity index (χ3n) is 3.33. The van der Waals surface area contributed by atoms with E-state index >= 15 is 0 Å². The number of para-hydroxylation sites is 1. The fourth-order valence-corrected chi connectivity index (χ4v) is 2.53. The van der Waals surface area contributed by atoms with Gasteiger partial charge in [0.1, 0.15) is 0 Å². The molecule has 0 aromatic heterocycles. The van der Waals surface area contributed by atoms with Gasteiger partial charge in [-0.15, -0.1) is 0 Å². The number of carbonyl (C=O) groups is 1. The molecular formula is C13H14N2O.